The summed E-state index contributed by atoms with van der Waals surface area (Å²) in [4.78, 5) is 11.8. The number of carbonyl (C=O) groups is 1. The number of aromatic nitrogens is 3. The maximum atomic E-state index is 11.8. The van der Waals surface area contributed by atoms with E-state index in [4.69, 9.17) is 16.3 Å². The first-order valence-electron chi connectivity index (χ1n) is 6.06. The van der Waals surface area contributed by atoms with E-state index in [1.54, 1.807) is 11.6 Å². The van der Waals surface area contributed by atoms with E-state index in [2.05, 4.69) is 26.2 Å². The SMILES string of the molecule is CCOC(=O)c1nnn(Cc2ccccc2Br)c1CCl. The molecule has 5 nitrogen and oxygen atoms in total. The van der Waals surface area contributed by atoms with Gasteiger partial charge in [-0.25, -0.2) is 9.48 Å². The lowest BCUT2D eigenvalue weighted by molar-refractivity contribution is 0.0518. The molecule has 0 bridgehead atoms. The van der Waals surface area contributed by atoms with Crippen LogP contribution in [0.5, 0.6) is 0 Å². The molecule has 0 N–H and O–H groups in total. The maximum Gasteiger partial charge on any atom is 0.360 e. The Hall–Kier alpha value is -1.40. The van der Waals surface area contributed by atoms with Gasteiger partial charge in [-0.1, -0.05) is 39.3 Å². The number of nitrogens with zero attached hydrogens (tertiary/aromatic N) is 3. The van der Waals surface area contributed by atoms with Crippen LogP contribution in [0.25, 0.3) is 0 Å². The van der Waals surface area contributed by atoms with E-state index in [1.165, 1.54) is 0 Å². The highest BCUT2D eigenvalue weighted by Crippen LogP contribution is 2.19. The summed E-state index contributed by atoms with van der Waals surface area (Å²) in [5.74, 6) is -0.354. The second kappa shape index (κ2) is 6.85. The molecule has 20 heavy (non-hydrogen) atoms. The van der Waals surface area contributed by atoms with Gasteiger partial charge in [0.1, 0.15) is 0 Å². The van der Waals surface area contributed by atoms with Crippen molar-refractivity contribution >= 4 is 33.5 Å². The molecule has 0 radical (unpaired) electrons. The minimum Gasteiger partial charge on any atom is -0.461 e. The highest BCUT2D eigenvalue weighted by molar-refractivity contribution is 9.10. The molecule has 0 fully saturated rings. The first-order chi connectivity index (χ1) is 9.67. The summed E-state index contributed by atoms with van der Waals surface area (Å²) in [5, 5.41) is 7.86. The van der Waals surface area contributed by atoms with Gasteiger partial charge >= 0.3 is 5.97 Å². The lowest BCUT2D eigenvalue weighted by atomic mass is 10.2. The Morgan fingerprint density at radius 2 is 2.20 bits per heavy atom. The van der Waals surface area contributed by atoms with Crippen molar-refractivity contribution in [3.8, 4) is 0 Å². The van der Waals surface area contributed by atoms with Crippen molar-refractivity contribution in [2.24, 2.45) is 0 Å². The first kappa shape index (κ1) is 15.0. The van der Waals surface area contributed by atoms with Gasteiger partial charge in [0.15, 0.2) is 5.69 Å². The third-order valence-electron chi connectivity index (χ3n) is 2.71. The first-order valence-corrected chi connectivity index (χ1v) is 7.39. The van der Waals surface area contributed by atoms with E-state index in [0.717, 1.165) is 10.0 Å². The van der Waals surface area contributed by atoms with Gasteiger partial charge in [-0.2, -0.15) is 0 Å². The van der Waals surface area contributed by atoms with Gasteiger partial charge in [0.05, 0.1) is 24.7 Å². The third-order valence-corrected chi connectivity index (χ3v) is 3.74. The zero-order chi connectivity index (χ0) is 14.5. The van der Waals surface area contributed by atoms with Crippen molar-refractivity contribution in [3.63, 3.8) is 0 Å². The van der Waals surface area contributed by atoms with Crippen molar-refractivity contribution in [1.82, 2.24) is 15.0 Å². The summed E-state index contributed by atoms with van der Waals surface area (Å²) in [6.07, 6.45) is 0. The Kier molecular flexibility index (Phi) is 5.14. The molecule has 0 aliphatic heterocycles. The van der Waals surface area contributed by atoms with E-state index in [-0.39, 0.29) is 18.2 Å². The predicted octanol–water partition coefficient (Wildman–Crippen LogP) is 3.00. The van der Waals surface area contributed by atoms with Gasteiger partial charge in [0.2, 0.25) is 0 Å². The summed E-state index contributed by atoms with van der Waals surface area (Å²) < 4.78 is 7.51. The van der Waals surface area contributed by atoms with Crippen LogP contribution in [-0.4, -0.2) is 27.6 Å². The molecule has 1 heterocycles. The molecule has 2 aromatic rings. The van der Waals surface area contributed by atoms with Gasteiger partial charge in [0.25, 0.3) is 0 Å². The molecule has 0 aliphatic carbocycles. The summed E-state index contributed by atoms with van der Waals surface area (Å²) in [7, 11) is 0. The van der Waals surface area contributed by atoms with E-state index in [9.17, 15) is 4.79 Å². The van der Waals surface area contributed by atoms with Crippen molar-refractivity contribution < 1.29 is 9.53 Å². The molecule has 0 atom stereocenters. The molecular formula is C13H13BrClN3O2. The number of halogens is 2. The van der Waals surface area contributed by atoms with Crippen LogP contribution >= 0.6 is 27.5 Å². The molecule has 0 saturated carbocycles. The molecule has 1 aromatic carbocycles. The van der Waals surface area contributed by atoms with Gasteiger partial charge in [0, 0.05) is 4.47 Å². The Labute approximate surface area is 130 Å². The quantitative estimate of drug-likeness (QED) is 0.609. The van der Waals surface area contributed by atoms with E-state index < -0.39 is 5.97 Å². The average Bonchev–Trinajstić information content (AvgIpc) is 2.84. The maximum absolute atomic E-state index is 11.8. The van der Waals surface area contributed by atoms with Crippen LogP contribution in [0.4, 0.5) is 0 Å². The largest absolute Gasteiger partial charge is 0.461 e. The highest BCUT2D eigenvalue weighted by Gasteiger charge is 2.20. The van der Waals surface area contributed by atoms with Crippen molar-refractivity contribution in [2.75, 3.05) is 6.61 Å². The molecule has 0 saturated heterocycles. The molecule has 106 valence electrons. The minimum atomic E-state index is -0.499. The Morgan fingerprint density at radius 1 is 1.45 bits per heavy atom. The third kappa shape index (κ3) is 3.19. The summed E-state index contributed by atoms with van der Waals surface area (Å²) in [6.45, 7) is 2.51. The number of rotatable bonds is 5. The van der Waals surface area contributed by atoms with Gasteiger partial charge in [-0.3, -0.25) is 0 Å². The lowest BCUT2D eigenvalue weighted by Crippen LogP contribution is -2.10. The van der Waals surface area contributed by atoms with Crippen LogP contribution in [0.2, 0.25) is 0 Å². The van der Waals surface area contributed by atoms with E-state index >= 15 is 0 Å². The number of carbonyl (C=O) groups excluding carboxylic acids is 1. The fourth-order valence-corrected chi connectivity index (χ4v) is 2.41. The van der Waals surface area contributed by atoms with Crippen LogP contribution in [0, 0.1) is 0 Å². The Bertz CT molecular complexity index is 615. The fraction of sp³-hybridized carbons (Fsp3) is 0.308. The van der Waals surface area contributed by atoms with Gasteiger partial charge < -0.3 is 4.74 Å². The number of alkyl halides is 1. The van der Waals surface area contributed by atoms with Crippen molar-refractivity contribution in [2.45, 2.75) is 19.3 Å². The average molecular weight is 359 g/mol. The summed E-state index contributed by atoms with van der Waals surface area (Å²) >= 11 is 9.38. The molecule has 1 aromatic heterocycles. The lowest BCUT2D eigenvalue weighted by Gasteiger charge is -2.07. The molecule has 2 rings (SSSR count). The highest BCUT2D eigenvalue weighted by atomic mass is 79.9. The second-order valence-corrected chi connectivity index (χ2v) is 5.11. The standard InChI is InChI=1S/C13H13BrClN3O2/c1-2-20-13(19)12-11(7-15)18(17-16-12)8-9-5-3-4-6-10(9)14/h3-6H,2,7-8H2,1H3. The number of esters is 1. The normalized spacial score (nSPS) is 10.6. The molecule has 0 unspecified atom stereocenters. The Morgan fingerprint density at radius 3 is 2.85 bits per heavy atom. The molecule has 0 aliphatic rings. The van der Waals surface area contributed by atoms with E-state index in [1.807, 2.05) is 24.3 Å². The summed E-state index contributed by atoms with van der Waals surface area (Å²) in [5.41, 5.74) is 1.76. The van der Waals surface area contributed by atoms with Gasteiger partial charge in [-0.15, -0.1) is 16.7 Å². The number of hydrogen-bond donors (Lipinski definition) is 0. The zero-order valence-electron chi connectivity index (χ0n) is 10.8. The zero-order valence-corrected chi connectivity index (χ0v) is 13.2. The topological polar surface area (TPSA) is 57.0 Å². The minimum absolute atomic E-state index is 0.144. The van der Waals surface area contributed by atoms with Crippen molar-refractivity contribution in [1.29, 1.82) is 0 Å². The fourth-order valence-electron chi connectivity index (χ4n) is 1.74. The van der Waals surface area contributed by atoms with Crippen LogP contribution in [0.1, 0.15) is 28.7 Å². The van der Waals surface area contributed by atoms with Crippen molar-refractivity contribution in [3.05, 3.63) is 45.7 Å². The van der Waals surface area contributed by atoms with Crippen LogP contribution in [-0.2, 0) is 17.2 Å². The summed E-state index contributed by atoms with van der Waals surface area (Å²) in [6, 6.07) is 7.78. The van der Waals surface area contributed by atoms with Crippen LogP contribution in [0.15, 0.2) is 28.7 Å². The molecule has 0 amide bonds. The smallest absolute Gasteiger partial charge is 0.360 e. The van der Waals surface area contributed by atoms with Gasteiger partial charge in [-0.05, 0) is 18.6 Å². The molecular weight excluding hydrogens is 346 g/mol. The van der Waals surface area contributed by atoms with Crippen LogP contribution in [0.3, 0.4) is 0 Å². The molecule has 0 spiro atoms. The van der Waals surface area contributed by atoms with E-state index in [0.29, 0.717) is 12.2 Å². The number of hydrogen-bond acceptors (Lipinski definition) is 4. The Balaban J connectivity index is 2.29. The monoisotopic (exact) mass is 357 g/mol. The number of benzene rings is 1. The number of ether oxygens (including phenoxy) is 1. The van der Waals surface area contributed by atoms with Crippen LogP contribution < -0.4 is 0 Å². The molecule has 7 heteroatoms. The second-order valence-electron chi connectivity index (χ2n) is 3.99. The predicted molar refractivity (Wildman–Crippen MR) is 78.8 cm³/mol.